The van der Waals surface area contributed by atoms with Crippen LogP contribution in [-0.4, -0.2) is 30.4 Å². The van der Waals surface area contributed by atoms with E-state index in [2.05, 4.69) is 0 Å². The molecule has 2 N–H and O–H groups in total. The van der Waals surface area contributed by atoms with Crippen LogP contribution in [0.15, 0.2) is 24.3 Å². The van der Waals surface area contributed by atoms with Crippen LogP contribution in [0.1, 0.15) is 36.2 Å². The summed E-state index contributed by atoms with van der Waals surface area (Å²) in [5.41, 5.74) is 5.39. The van der Waals surface area contributed by atoms with Crippen molar-refractivity contribution in [2.24, 2.45) is 11.7 Å². The number of rotatable bonds is 5. The number of hydrogen-bond donors (Lipinski definition) is 1. The highest BCUT2D eigenvalue weighted by atomic mass is 19.4. The third kappa shape index (κ3) is 5.04. The van der Waals surface area contributed by atoms with E-state index in [4.69, 9.17) is 5.73 Å². The van der Waals surface area contributed by atoms with Crippen LogP contribution in [0.3, 0.4) is 0 Å². The van der Waals surface area contributed by atoms with E-state index in [0.29, 0.717) is 18.9 Å². The molecule has 1 aromatic carbocycles. The van der Waals surface area contributed by atoms with Gasteiger partial charge >= 0.3 is 6.18 Å². The Morgan fingerprint density at radius 1 is 1.24 bits per heavy atom. The van der Waals surface area contributed by atoms with Gasteiger partial charge in [-0.15, -0.1) is 0 Å². The van der Waals surface area contributed by atoms with Crippen molar-refractivity contribution in [1.82, 2.24) is 4.90 Å². The predicted octanol–water partition coefficient (Wildman–Crippen LogP) is 3.15. The number of nitrogens with two attached hydrogens (primary N) is 1. The van der Waals surface area contributed by atoms with Gasteiger partial charge in [0.25, 0.3) is 5.91 Å². The van der Waals surface area contributed by atoms with Crippen molar-refractivity contribution in [2.75, 3.05) is 13.6 Å². The van der Waals surface area contributed by atoms with Crippen LogP contribution in [-0.2, 0) is 6.18 Å². The van der Waals surface area contributed by atoms with E-state index in [1.807, 2.05) is 13.8 Å². The summed E-state index contributed by atoms with van der Waals surface area (Å²) in [6.45, 7) is 4.48. The van der Waals surface area contributed by atoms with Gasteiger partial charge in [-0.1, -0.05) is 13.8 Å². The molecule has 118 valence electrons. The fraction of sp³-hybridized carbons (Fsp3) is 0.533. The largest absolute Gasteiger partial charge is 0.416 e. The maximum Gasteiger partial charge on any atom is 0.416 e. The maximum atomic E-state index is 12.5. The Balaban J connectivity index is 2.66. The standard InChI is InChI=1S/C15H21F3N2O/c1-10(2)13(19)8-9-20(3)14(21)11-4-6-12(7-5-11)15(16,17)18/h4-7,10,13H,8-9,19H2,1-3H3. The van der Waals surface area contributed by atoms with Gasteiger partial charge in [0, 0.05) is 25.2 Å². The Kier molecular flexibility index (Phi) is 5.78. The lowest BCUT2D eigenvalue weighted by Gasteiger charge is -2.21. The highest BCUT2D eigenvalue weighted by molar-refractivity contribution is 5.94. The molecule has 0 aliphatic carbocycles. The average molecular weight is 302 g/mol. The van der Waals surface area contributed by atoms with Crippen molar-refractivity contribution in [3.8, 4) is 0 Å². The summed E-state index contributed by atoms with van der Waals surface area (Å²) in [4.78, 5) is 13.6. The van der Waals surface area contributed by atoms with Gasteiger partial charge in [-0.25, -0.2) is 0 Å². The molecule has 0 bridgehead atoms. The molecule has 0 radical (unpaired) electrons. The van der Waals surface area contributed by atoms with E-state index in [9.17, 15) is 18.0 Å². The SMILES string of the molecule is CC(C)C(N)CCN(C)C(=O)c1ccc(C(F)(F)F)cc1. The van der Waals surface area contributed by atoms with Gasteiger partial charge < -0.3 is 10.6 Å². The number of carbonyl (C=O) groups is 1. The fourth-order valence-corrected chi connectivity index (χ4v) is 1.80. The molecule has 0 saturated heterocycles. The summed E-state index contributed by atoms with van der Waals surface area (Å²) < 4.78 is 37.4. The molecule has 1 rings (SSSR count). The van der Waals surface area contributed by atoms with E-state index in [1.165, 1.54) is 17.0 Å². The summed E-state index contributed by atoms with van der Waals surface area (Å²) in [6, 6.07) is 4.23. The highest BCUT2D eigenvalue weighted by Crippen LogP contribution is 2.29. The summed E-state index contributed by atoms with van der Waals surface area (Å²) in [6.07, 6.45) is -3.74. The van der Waals surface area contributed by atoms with Crippen molar-refractivity contribution < 1.29 is 18.0 Å². The van der Waals surface area contributed by atoms with Crippen molar-refractivity contribution >= 4 is 5.91 Å². The molecule has 1 aromatic rings. The average Bonchev–Trinajstić information content (AvgIpc) is 2.42. The Bertz CT molecular complexity index is 469. The van der Waals surface area contributed by atoms with Gasteiger partial charge in [0.05, 0.1) is 5.56 Å². The third-order valence-electron chi connectivity index (χ3n) is 3.46. The minimum Gasteiger partial charge on any atom is -0.342 e. The molecule has 21 heavy (non-hydrogen) atoms. The quantitative estimate of drug-likeness (QED) is 0.908. The van der Waals surface area contributed by atoms with Crippen molar-refractivity contribution in [1.29, 1.82) is 0 Å². The van der Waals surface area contributed by atoms with E-state index >= 15 is 0 Å². The lowest BCUT2D eigenvalue weighted by molar-refractivity contribution is -0.137. The lowest BCUT2D eigenvalue weighted by atomic mass is 10.0. The highest BCUT2D eigenvalue weighted by Gasteiger charge is 2.30. The molecule has 0 aliphatic rings. The van der Waals surface area contributed by atoms with Crippen molar-refractivity contribution in [3.63, 3.8) is 0 Å². The van der Waals surface area contributed by atoms with E-state index in [0.717, 1.165) is 12.1 Å². The number of hydrogen-bond acceptors (Lipinski definition) is 2. The molecule has 1 atom stereocenters. The monoisotopic (exact) mass is 302 g/mol. The van der Waals surface area contributed by atoms with Gasteiger partial charge in [-0.2, -0.15) is 13.2 Å². The Hall–Kier alpha value is -1.56. The number of nitrogens with zero attached hydrogens (tertiary/aromatic N) is 1. The number of halogens is 3. The normalized spacial score (nSPS) is 13.3. The number of alkyl halides is 3. The zero-order valence-corrected chi connectivity index (χ0v) is 12.4. The summed E-state index contributed by atoms with van der Waals surface area (Å²) in [7, 11) is 1.62. The first-order valence-electron chi connectivity index (χ1n) is 6.81. The summed E-state index contributed by atoms with van der Waals surface area (Å²) in [5, 5.41) is 0. The predicted molar refractivity (Wildman–Crippen MR) is 75.8 cm³/mol. The van der Waals surface area contributed by atoms with E-state index in [-0.39, 0.29) is 17.5 Å². The summed E-state index contributed by atoms with van der Waals surface area (Å²) >= 11 is 0. The molecule has 3 nitrogen and oxygen atoms in total. The molecule has 6 heteroatoms. The Morgan fingerprint density at radius 2 is 1.76 bits per heavy atom. The number of carbonyl (C=O) groups excluding carboxylic acids is 1. The Morgan fingerprint density at radius 3 is 2.19 bits per heavy atom. The molecule has 1 amide bonds. The molecule has 0 spiro atoms. The number of amides is 1. The van der Waals surface area contributed by atoms with Crippen LogP contribution in [0.25, 0.3) is 0 Å². The zero-order chi connectivity index (χ0) is 16.2. The Labute approximate surface area is 122 Å². The van der Waals surface area contributed by atoms with Gasteiger partial charge in [-0.05, 0) is 36.6 Å². The molecule has 0 saturated carbocycles. The van der Waals surface area contributed by atoms with Crippen molar-refractivity contribution in [3.05, 3.63) is 35.4 Å². The van der Waals surface area contributed by atoms with Crippen LogP contribution in [0.2, 0.25) is 0 Å². The second-order valence-electron chi connectivity index (χ2n) is 5.50. The lowest BCUT2D eigenvalue weighted by Crippen LogP contribution is -2.34. The topological polar surface area (TPSA) is 46.3 Å². The second-order valence-corrected chi connectivity index (χ2v) is 5.50. The summed E-state index contributed by atoms with van der Waals surface area (Å²) in [5.74, 6) is 0.0132. The number of benzene rings is 1. The molecular weight excluding hydrogens is 281 g/mol. The molecular formula is C15H21F3N2O. The maximum absolute atomic E-state index is 12.5. The van der Waals surface area contributed by atoms with Gasteiger partial charge in [0.1, 0.15) is 0 Å². The molecule has 0 fully saturated rings. The van der Waals surface area contributed by atoms with Gasteiger partial charge in [-0.3, -0.25) is 4.79 Å². The fourth-order valence-electron chi connectivity index (χ4n) is 1.80. The van der Waals surface area contributed by atoms with Crippen LogP contribution < -0.4 is 5.73 Å². The molecule has 0 heterocycles. The smallest absolute Gasteiger partial charge is 0.342 e. The van der Waals surface area contributed by atoms with Gasteiger partial charge in [0.15, 0.2) is 0 Å². The van der Waals surface area contributed by atoms with Crippen LogP contribution in [0, 0.1) is 5.92 Å². The van der Waals surface area contributed by atoms with Crippen LogP contribution >= 0.6 is 0 Å². The zero-order valence-electron chi connectivity index (χ0n) is 12.4. The second kappa shape index (κ2) is 6.93. The first-order valence-corrected chi connectivity index (χ1v) is 6.81. The minimum atomic E-state index is -4.39. The van der Waals surface area contributed by atoms with E-state index < -0.39 is 11.7 Å². The van der Waals surface area contributed by atoms with Crippen LogP contribution in [0.5, 0.6) is 0 Å². The first-order chi connectivity index (χ1) is 9.62. The third-order valence-corrected chi connectivity index (χ3v) is 3.46. The molecule has 0 aliphatic heterocycles. The molecule has 0 aromatic heterocycles. The van der Waals surface area contributed by atoms with Crippen LogP contribution in [0.4, 0.5) is 13.2 Å². The molecule has 1 unspecified atom stereocenters. The van der Waals surface area contributed by atoms with Crippen molar-refractivity contribution in [2.45, 2.75) is 32.5 Å². The van der Waals surface area contributed by atoms with Gasteiger partial charge in [0.2, 0.25) is 0 Å². The first kappa shape index (κ1) is 17.5. The minimum absolute atomic E-state index is 0.00662. The van der Waals surface area contributed by atoms with E-state index in [1.54, 1.807) is 7.05 Å².